The van der Waals surface area contributed by atoms with E-state index in [1.54, 1.807) is 36.4 Å². The van der Waals surface area contributed by atoms with Gasteiger partial charge in [-0.05, 0) is 36.2 Å². The maximum Gasteiger partial charge on any atom is 0.408 e. The number of rotatable bonds is 15. The van der Waals surface area contributed by atoms with E-state index in [2.05, 4.69) is 25.9 Å². The van der Waals surface area contributed by atoms with Gasteiger partial charge in [0.05, 0.1) is 6.33 Å². The number of aliphatic carboxylic acids is 1. The van der Waals surface area contributed by atoms with E-state index >= 15 is 0 Å². The van der Waals surface area contributed by atoms with E-state index in [1.165, 1.54) is 31.6 Å². The summed E-state index contributed by atoms with van der Waals surface area (Å²) in [6, 6.07) is 19.1. The standard InChI is InChI=1S/C33H35N5O8/c1-21(32(42)43)36-30(40)27(15-22-11-13-26(39)14-12-22)37-31(41)28(16-25-17-34-20-35-25)38-33(44)46-19-24-9-5-6-10-29(24)45-18-23-7-3-2-4-8-23/h2-14,17,20-21,27-28,39H,15-16,18-19H2,1H3,(H,34,35)(H,36,40)(H,37,41)(H,38,44)(H,42,43)/t21-,27-,28+/m0/s1. The average molecular weight is 630 g/mol. The Morgan fingerprint density at radius 1 is 0.804 bits per heavy atom. The molecule has 4 aromatic rings. The van der Waals surface area contributed by atoms with Crippen LogP contribution in [0.2, 0.25) is 0 Å². The van der Waals surface area contributed by atoms with Crippen LogP contribution in [0.25, 0.3) is 0 Å². The topological polar surface area (TPSA) is 192 Å². The number of carbonyl (C=O) groups is 4. The van der Waals surface area contributed by atoms with Crippen LogP contribution in [-0.4, -0.2) is 62.2 Å². The molecule has 4 rings (SSSR count). The molecule has 13 heteroatoms. The predicted octanol–water partition coefficient (Wildman–Crippen LogP) is 2.85. The van der Waals surface area contributed by atoms with Crippen molar-refractivity contribution in [1.82, 2.24) is 25.9 Å². The summed E-state index contributed by atoms with van der Waals surface area (Å²) >= 11 is 0. The zero-order valence-corrected chi connectivity index (χ0v) is 25.0. The van der Waals surface area contributed by atoms with Crippen LogP contribution in [-0.2, 0) is 45.2 Å². The summed E-state index contributed by atoms with van der Waals surface area (Å²) in [5.41, 5.74) is 2.70. The number of nitrogens with one attached hydrogen (secondary N) is 4. The second-order valence-corrected chi connectivity index (χ2v) is 10.4. The van der Waals surface area contributed by atoms with Gasteiger partial charge in [0.15, 0.2) is 0 Å². The Kier molecular flexibility index (Phi) is 11.7. The van der Waals surface area contributed by atoms with Crippen LogP contribution < -0.4 is 20.7 Å². The Balaban J connectivity index is 1.44. The monoisotopic (exact) mass is 629 g/mol. The molecule has 0 fully saturated rings. The summed E-state index contributed by atoms with van der Waals surface area (Å²) in [7, 11) is 0. The molecule has 0 saturated heterocycles. The largest absolute Gasteiger partial charge is 0.508 e. The molecule has 0 spiro atoms. The van der Waals surface area contributed by atoms with Gasteiger partial charge >= 0.3 is 12.1 Å². The van der Waals surface area contributed by atoms with E-state index in [-0.39, 0.29) is 25.2 Å². The number of phenolic OH excluding ortho intramolecular Hbond substituents is 1. The van der Waals surface area contributed by atoms with Crippen molar-refractivity contribution in [2.24, 2.45) is 0 Å². The fourth-order valence-electron chi connectivity index (χ4n) is 4.38. The lowest BCUT2D eigenvalue weighted by Gasteiger charge is -2.24. The molecule has 1 aromatic heterocycles. The lowest BCUT2D eigenvalue weighted by molar-refractivity contribution is -0.141. The number of benzene rings is 3. The number of H-pyrrole nitrogens is 1. The van der Waals surface area contributed by atoms with Crippen LogP contribution in [0.4, 0.5) is 4.79 Å². The Hall–Kier alpha value is -5.85. The van der Waals surface area contributed by atoms with Gasteiger partial charge < -0.3 is 40.6 Å². The Morgan fingerprint density at radius 2 is 1.48 bits per heavy atom. The zero-order valence-electron chi connectivity index (χ0n) is 25.0. The fourth-order valence-corrected chi connectivity index (χ4v) is 4.38. The molecular weight excluding hydrogens is 594 g/mol. The molecule has 0 aliphatic rings. The molecule has 0 bridgehead atoms. The number of para-hydroxylation sites is 1. The van der Waals surface area contributed by atoms with Crippen molar-refractivity contribution in [3.63, 3.8) is 0 Å². The number of hydrogen-bond acceptors (Lipinski definition) is 8. The summed E-state index contributed by atoms with van der Waals surface area (Å²) in [5.74, 6) is -2.17. The maximum absolute atomic E-state index is 13.6. The van der Waals surface area contributed by atoms with Crippen molar-refractivity contribution in [2.75, 3.05) is 0 Å². The molecule has 0 radical (unpaired) electrons. The second-order valence-electron chi connectivity index (χ2n) is 10.4. The van der Waals surface area contributed by atoms with Crippen LogP contribution in [0.15, 0.2) is 91.4 Å². The molecule has 0 aliphatic heterocycles. The highest BCUT2D eigenvalue weighted by Crippen LogP contribution is 2.20. The van der Waals surface area contributed by atoms with E-state index in [4.69, 9.17) is 9.47 Å². The molecule has 13 nitrogen and oxygen atoms in total. The van der Waals surface area contributed by atoms with Crippen LogP contribution in [0.5, 0.6) is 11.5 Å². The highest BCUT2D eigenvalue weighted by atomic mass is 16.5. The first-order valence-electron chi connectivity index (χ1n) is 14.4. The third kappa shape index (κ3) is 10.1. The van der Waals surface area contributed by atoms with Gasteiger partial charge in [0.2, 0.25) is 11.8 Å². The predicted molar refractivity (Wildman–Crippen MR) is 166 cm³/mol. The normalized spacial score (nSPS) is 12.6. The molecule has 3 amide bonds. The summed E-state index contributed by atoms with van der Waals surface area (Å²) < 4.78 is 11.4. The van der Waals surface area contributed by atoms with Crippen molar-refractivity contribution in [3.8, 4) is 11.5 Å². The average Bonchev–Trinajstić information content (AvgIpc) is 3.57. The van der Waals surface area contributed by atoms with Crippen molar-refractivity contribution in [3.05, 3.63) is 114 Å². The Bertz CT molecular complexity index is 1600. The van der Waals surface area contributed by atoms with Gasteiger partial charge in [-0.2, -0.15) is 0 Å². The quantitative estimate of drug-likeness (QED) is 0.115. The summed E-state index contributed by atoms with van der Waals surface area (Å²) in [6.45, 7) is 1.47. The maximum atomic E-state index is 13.6. The summed E-state index contributed by atoms with van der Waals surface area (Å²) in [5, 5.41) is 26.4. The van der Waals surface area contributed by atoms with Crippen LogP contribution in [0.3, 0.4) is 0 Å². The molecule has 6 N–H and O–H groups in total. The highest BCUT2D eigenvalue weighted by molar-refractivity contribution is 5.93. The lowest BCUT2D eigenvalue weighted by atomic mass is 10.0. The minimum atomic E-state index is -1.25. The Morgan fingerprint density at radius 3 is 2.17 bits per heavy atom. The number of phenols is 1. The molecule has 46 heavy (non-hydrogen) atoms. The van der Waals surface area contributed by atoms with Crippen LogP contribution in [0, 0.1) is 0 Å². The molecule has 0 saturated carbocycles. The number of imidazole rings is 1. The molecular formula is C33H35N5O8. The third-order valence-corrected chi connectivity index (χ3v) is 6.89. The number of carboxylic acids is 1. The van der Waals surface area contributed by atoms with Gasteiger partial charge in [-0.1, -0.05) is 60.7 Å². The van der Waals surface area contributed by atoms with Crippen LogP contribution in [0.1, 0.15) is 29.3 Å². The van der Waals surface area contributed by atoms with Crippen molar-refractivity contribution in [1.29, 1.82) is 0 Å². The second kappa shape index (κ2) is 16.3. The van der Waals surface area contributed by atoms with Gasteiger partial charge in [0.25, 0.3) is 0 Å². The van der Waals surface area contributed by atoms with Gasteiger partial charge in [-0.25, -0.2) is 9.78 Å². The number of carboxylic acid groups (broad SMARTS) is 1. The number of alkyl carbamates (subject to hydrolysis) is 1. The lowest BCUT2D eigenvalue weighted by Crippen LogP contribution is -2.56. The first-order valence-corrected chi connectivity index (χ1v) is 14.4. The highest BCUT2D eigenvalue weighted by Gasteiger charge is 2.29. The van der Waals surface area contributed by atoms with E-state index in [1.807, 2.05) is 30.3 Å². The van der Waals surface area contributed by atoms with Crippen molar-refractivity contribution in [2.45, 2.75) is 51.1 Å². The number of aromatic hydroxyl groups is 1. The number of nitrogens with zero attached hydrogens (tertiary/aromatic N) is 1. The van der Waals surface area contributed by atoms with E-state index in [0.29, 0.717) is 29.2 Å². The van der Waals surface area contributed by atoms with E-state index in [9.17, 15) is 29.4 Å². The number of aromatic nitrogens is 2. The number of hydrogen-bond donors (Lipinski definition) is 6. The minimum Gasteiger partial charge on any atom is -0.508 e. The smallest absolute Gasteiger partial charge is 0.408 e. The number of amides is 3. The summed E-state index contributed by atoms with van der Waals surface area (Å²) in [4.78, 5) is 57.8. The molecule has 1 heterocycles. The minimum absolute atomic E-state index is 0.0148. The third-order valence-electron chi connectivity index (χ3n) is 6.89. The van der Waals surface area contributed by atoms with Gasteiger partial charge in [-0.3, -0.25) is 14.4 Å². The first-order chi connectivity index (χ1) is 22.2. The Labute approximate surface area is 265 Å². The van der Waals surface area contributed by atoms with Gasteiger partial charge in [0.1, 0.15) is 42.8 Å². The number of carbonyl (C=O) groups excluding carboxylic acids is 3. The molecule has 0 unspecified atom stereocenters. The first kappa shape index (κ1) is 33.1. The SMILES string of the molecule is C[C@H](NC(=O)[C@H](Cc1ccc(O)cc1)NC(=O)[C@@H](Cc1cnc[nH]1)NC(=O)OCc1ccccc1OCc1ccccc1)C(=O)O. The van der Waals surface area contributed by atoms with E-state index < -0.39 is 42.0 Å². The van der Waals surface area contributed by atoms with Crippen LogP contribution >= 0.6 is 0 Å². The van der Waals surface area contributed by atoms with E-state index in [0.717, 1.165) is 5.56 Å². The van der Waals surface area contributed by atoms with Gasteiger partial charge in [-0.15, -0.1) is 0 Å². The van der Waals surface area contributed by atoms with Crippen molar-refractivity contribution >= 4 is 23.9 Å². The molecule has 3 atom stereocenters. The zero-order chi connectivity index (χ0) is 32.9. The molecule has 0 aliphatic carbocycles. The van der Waals surface area contributed by atoms with Crippen molar-refractivity contribution < 1.29 is 38.9 Å². The number of aromatic amines is 1. The number of ether oxygens (including phenoxy) is 2. The molecule has 240 valence electrons. The fraction of sp³-hybridized carbons (Fsp3) is 0.242. The summed E-state index contributed by atoms with van der Waals surface area (Å²) in [6.07, 6.45) is 1.98. The van der Waals surface area contributed by atoms with Gasteiger partial charge in [0, 0.05) is 30.3 Å². The molecule has 3 aromatic carbocycles.